The predicted octanol–water partition coefficient (Wildman–Crippen LogP) is 4.66. The second-order valence-corrected chi connectivity index (χ2v) is 5.64. The second kappa shape index (κ2) is 5.36. The topological polar surface area (TPSA) is 33.0 Å². The first-order chi connectivity index (χ1) is 9.79. The number of hydrogen-bond donors (Lipinski definition) is 0. The maximum Gasteiger partial charge on any atom is 0.156 e. The normalized spacial score (nSPS) is 10.4. The van der Waals surface area contributed by atoms with Crippen molar-refractivity contribution >= 4 is 21.4 Å². The van der Waals surface area contributed by atoms with Crippen LogP contribution in [-0.4, -0.2) is 0 Å². The molecule has 0 atom stereocenters. The van der Waals surface area contributed by atoms with Crippen molar-refractivity contribution in [3.8, 4) is 11.8 Å². The highest BCUT2D eigenvalue weighted by molar-refractivity contribution is 7.20. The lowest BCUT2D eigenvalue weighted by Crippen LogP contribution is -1.98. The van der Waals surface area contributed by atoms with Crippen LogP contribution in [-0.2, 0) is 6.61 Å². The molecule has 3 rings (SSSR count). The quantitative estimate of drug-likeness (QED) is 0.698. The van der Waals surface area contributed by atoms with Gasteiger partial charge in [0.2, 0.25) is 0 Å². The molecule has 0 aliphatic rings. The van der Waals surface area contributed by atoms with Gasteiger partial charge >= 0.3 is 0 Å². The SMILES string of the molecule is Cc1ccccc1COc1c(C#N)sc2ccccc12. The van der Waals surface area contributed by atoms with Crippen LogP contribution in [0.1, 0.15) is 16.0 Å². The third kappa shape index (κ3) is 2.26. The molecule has 0 fully saturated rings. The number of fused-ring (bicyclic) bond motifs is 1. The Kier molecular flexibility index (Phi) is 3.41. The molecule has 0 saturated heterocycles. The van der Waals surface area contributed by atoms with Crippen molar-refractivity contribution in [3.05, 3.63) is 64.5 Å². The van der Waals surface area contributed by atoms with Crippen LogP contribution in [0.25, 0.3) is 10.1 Å². The summed E-state index contributed by atoms with van der Waals surface area (Å²) in [4.78, 5) is 0.639. The van der Waals surface area contributed by atoms with Crippen molar-refractivity contribution in [2.75, 3.05) is 0 Å². The number of nitriles is 1. The van der Waals surface area contributed by atoms with E-state index in [4.69, 9.17) is 4.74 Å². The average molecular weight is 279 g/mol. The molecule has 2 aromatic carbocycles. The first-order valence-electron chi connectivity index (χ1n) is 6.38. The molecule has 3 heteroatoms. The van der Waals surface area contributed by atoms with E-state index in [1.165, 1.54) is 16.9 Å². The van der Waals surface area contributed by atoms with E-state index in [1.807, 2.05) is 36.4 Å². The van der Waals surface area contributed by atoms with Gasteiger partial charge in [0.15, 0.2) is 5.75 Å². The van der Waals surface area contributed by atoms with Crippen LogP contribution in [0.15, 0.2) is 48.5 Å². The van der Waals surface area contributed by atoms with Crippen LogP contribution in [0.2, 0.25) is 0 Å². The molecule has 0 aliphatic heterocycles. The van der Waals surface area contributed by atoms with Gasteiger partial charge in [0.1, 0.15) is 17.6 Å². The highest BCUT2D eigenvalue weighted by Crippen LogP contribution is 2.37. The van der Waals surface area contributed by atoms with Crippen LogP contribution in [0.3, 0.4) is 0 Å². The molecule has 0 unspecified atom stereocenters. The minimum atomic E-state index is 0.488. The zero-order valence-corrected chi connectivity index (χ0v) is 11.9. The zero-order chi connectivity index (χ0) is 13.9. The Labute approximate surface area is 121 Å². The van der Waals surface area contributed by atoms with Gasteiger partial charge in [0, 0.05) is 10.1 Å². The van der Waals surface area contributed by atoms with Gasteiger partial charge in [-0.2, -0.15) is 5.26 Å². The van der Waals surface area contributed by atoms with Crippen molar-refractivity contribution in [1.82, 2.24) is 0 Å². The van der Waals surface area contributed by atoms with Crippen LogP contribution in [0.5, 0.6) is 5.75 Å². The van der Waals surface area contributed by atoms with Gasteiger partial charge in [-0.3, -0.25) is 0 Å². The molecule has 1 heterocycles. The summed E-state index contributed by atoms with van der Waals surface area (Å²) in [6.07, 6.45) is 0. The Hall–Kier alpha value is -2.31. The monoisotopic (exact) mass is 279 g/mol. The van der Waals surface area contributed by atoms with E-state index >= 15 is 0 Å². The van der Waals surface area contributed by atoms with Gasteiger partial charge in [-0.05, 0) is 30.2 Å². The molecular weight excluding hydrogens is 266 g/mol. The van der Waals surface area contributed by atoms with E-state index in [0.29, 0.717) is 17.2 Å². The van der Waals surface area contributed by atoms with Gasteiger partial charge in [0.05, 0.1) is 0 Å². The predicted molar refractivity (Wildman–Crippen MR) is 82.1 cm³/mol. The van der Waals surface area contributed by atoms with E-state index in [1.54, 1.807) is 0 Å². The van der Waals surface area contributed by atoms with Crippen LogP contribution in [0.4, 0.5) is 0 Å². The van der Waals surface area contributed by atoms with Crippen molar-refractivity contribution < 1.29 is 4.74 Å². The molecule has 1 aromatic heterocycles. The Morgan fingerprint density at radius 1 is 1.10 bits per heavy atom. The average Bonchev–Trinajstić information content (AvgIpc) is 2.84. The summed E-state index contributed by atoms with van der Waals surface area (Å²) < 4.78 is 7.02. The maximum atomic E-state index is 9.25. The molecule has 0 aliphatic carbocycles. The van der Waals surface area contributed by atoms with E-state index in [-0.39, 0.29) is 0 Å². The lowest BCUT2D eigenvalue weighted by Gasteiger charge is -2.08. The van der Waals surface area contributed by atoms with Crippen LogP contribution < -0.4 is 4.74 Å². The Balaban J connectivity index is 1.95. The Bertz CT molecular complexity index is 798. The standard InChI is InChI=1S/C17H13NOS/c1-12-6-2-3-7-13(12)11-19-17-14-8-4-5-9-15(14)20-16(17)10-18/h2-9H,11H2,1H3. The smallest absolute Gasteiger partial charge is 0.156 e. The zero-order valence-electron chi connectivity index (χ0n) is 11.1. The third-order valence-electron chi connectivity index (χ3n) is 3.28. The minimum absolute atomic E-state index is 0.488. The highest BCUT2D eigenvalue weighted by atomic mass is 32.1. The van der Waals surface area contributed by atoms with Crippen molar-refractivity contribution in [1.29, 1.82) is 5.26 Å². The fourth-order valence-corrected chi connectivity index (χ4v) is 3.11. The summed E-state index contributed by atoms with van der Waals surface area (Å²) in [6.45, 7) is 2.55. The first kappa shape index (κ1) is 12.7. The summed E-state index contributed by atoms with van der Waals surface area (Å²) in [7, 11) is 0. The van der Waals surface area contributed by atoms with Gasteiger partial charge in [-0.1, -0.05) is 36.4 Å². The Morgan fingerprint density at radius 2 is 1.85 bits per heavy atom. The van der Waals surface area contributed by atoms with Gasteiger partial charge in [0.25, 0.3) is 0 Å². The highest BCUT2D eigenvalue weighted by Gasteiger charge is 2.13. The third-order valence-corrected chi connectivity index (χ3v) is 4.34. The molecule has 0 saturated carbocycles. The molecular formula is C17H13NOS. The number of nitrogens with zero attached hydrogens (tertiary/aromatic N) is 1. The number of rotatable bonds is 3. The lowest BCUT2D eigenvalue weighted by molar-refractivity contribution is 0.309. The maximum absolute atomic E-state index is 9.25. The van der Waals surface area contributed by atoms with Gasteiger partial charge < -0.3 is 4.74 Å². The molecule has 0 bridgehead atoms. The fourth-order valence-electron chi connectivity index (χ4n) is 2.16. The largest absolute Gasteiger partial charge is 0.486 e. The van der Waals surface area contributed by atoms with E-state index < -0.39 is 0 Å². The van der Waals surface area contributed by atoms with E-state index in [9.17, 15) is 5.26 Å². The van der Waals surface area contributed by atoms with Crippen LogP contribution in [0, 0.1) is 18.3 Å². The lowest BCUT2D eigenvalue weighted by atomic mass is 10.1. The second-order valence-electron chi connectivity index (χ2n) is 4.58. The minimum Gasteiger partial charge on any atom is -0.486 e. The number of aryl methyl sites for hydroxylation is 1. The molecule has 2 nitrogen and oxygen atoms in total. The van der Waals surface area contributed by atoms with Gasteiger partial charge in [-0.25, -0.2) is 0 Å². The van der Waals surface area contributed by atoms with E-state index in [0.717, 1.165) is 15.6 Å². The molecule has 3 aromatic rings. The first-order valence-corrected chi connectivity index (χ1v) is 7.20. The number of benzene rings is 2. The molecule has 0 amide bonds. The fraction of sp³-hybridized carbons (Fsp3) is 0.118. The molecule has 98 valence electrons. The summed E-state index contributed by atoms with van der Waals surface area (Å²) in [5, 5.41) is 10.3. The molecule has 20 heavy (non-hydrogen) atoms. The van der Waals surface area contributed by atoms with Crippen molar-refractivity contribution in [3.63, 3.8) is 0 Å². The number of thiophene rings is 1. The molecule has 0 N–H and O–H groups in total. The Morgan fingerprint density at radius 3 is 2.65 bits per heavy atom. The number of hydrogen-bond acceptors (Lipinski definition) is 3. The van der Waals surface area contributed by atoms with Gasteiger partial charge in [-0.15, -0.1) is 11.3 Å². The molecule has 0 radical (unpaired) electrons. The van der Waals surface area contributed by atoms with Crippen LogP contribution >= 0.6 is 11.3 Å². The van der Waals surface area contributed by atoms with Crippen molar-refractivity contribution in [2.24, 2.45) is 0 Å². The molecule has 0 spiro atoms. The van der Waals surface area contributed by atoms with E-state index in [2.05, 4.69) is 25.1 Å². The summed E-state index contributed by atoms with van der Waals surface area (Å²) in [6, 6.07) is 18.3. The van der Waals surface area contributed by atoms with Crippen molar-refractivity contribution in [2.45, 2.75) is 13.5 Å². The summed E-state index contributed by atoms with van der Waals surface area (Å²) in [5.41, 5.74) is 2.34. The summed E-state index contributed by atoms with van der Waals surface area (Å²) in [5.74, 6) is 0.705. The summed E-state index contributed by atoms with van der Waals surface area (Å²) >= 11 is 1.48. The number of ether oxygens (including phenoxy) is 1.